The van der Waals surface area contributed by atoms with Crippen LogP contribution in [0.5, 0.6) is 11.5 Å². The average molecular weight is 368 g/mol. The molecular weight excluding hydrogens is 348 g/mol. The first-order valence-corrected chi connectivity index (χ1v) is 9.26. The first-order valence-electron chi connectivity index (χ1n) is 8.38. The number of thiophene rings is 1. The number of ether oxygens (including phenoxy) is 2. The van der Waals surface area contributed by atoms with Crippen LogP contribution in [0.2, 0.25) is 0 Å². The zero-order chi connectivity index (χ0) is 18.2. The smallest absolute Gasteiger partial charge is 0.312 e. The predicted octanol–water partition coefficient (Wildman–Crippen LogP) is 4.62. The molecule has 1 aromatic heterocycles. The molecule has 1 atom stereocenters. The second-order valence-corrected chi connectivity index (χ2v) is 6.75. The van der Waals surface area contributed by atoms with Crippen molar-refractivity contribution in [3.05, 3.63) is 82.6 Å². The van der Waals surface area contributed by atoms with Crippen LogP contribution >= 0.6 is 11.3 Å². The van der Waals surface area contributed by atoms with Crippen LogP contribution in [-0.4, -0.2) is 24.3 Å². The third-order valence-electron chi connectivity index (χ3n) is 3.89. The summed E-state index contributed by atoms with van der Waals surface area (Å²) in [6, 6.07) is 20.9. The fourth-order valence-electron chi connectivity index (χ4n) is 2.63. The van der Waals surface area contributed by atoms with Gasteiger partial charge in [0.05, 0.1) is 5.92 Å². The Kier molecular flexibility index (Phi) is 6.28. The van der Waals surface area contributed by atoms with Gasteiger partial charge in [-0.2, -0.15) is 0 Å². The Balaban J connectivity index is 1.55. The highest BCUT2D eigenvalue weighted by Crippen LogP contribution is 2.26. The molecule has 0 saturated carbocycles. The van der Waals surface area contributed by atoms with E-state index >= 15 is 0 Å². The Bertz CT molecular complexity index is 815. The number of benzene rings is 2. The standard InChI is InChI=1S/C21H20O4S/c22-21(23)19(20-10-5-13-26-20)15-16-6-4-9-18(14-16)25-12-11-24-17-7-2-1-3-8-17/h1-10,13-14,19H,11-12,15H2,(H,22,23). The largest absolute Gasteiger partial charge is 0.490 e. The van der Waals surface area contributed by atoms with Gasteiger partial charge in [-0.25, -0.2) is 0 Å². The summed E-state index contributed by atoms with van der Waals surface area (Å²) in [7, 11) is 0. The van der Waals surface area contributed by atoms with Gasteiger partial charge < -0.3 is 14.6 Å². The van der Waals surface area contributed by atoms with Crippen LogP contribution in [0.15, 0.2) is 72.1 Å². The van der Waals surface area contributed by atoms with Crippen molar-refractivity contribution >= 4 is 17.3 Å². The Morgan fingerprint density at radius 3 is 2.35 bits per heavy atom. The quantitative estimate of drug-likeness (QED) is 0.560. The van der Waals surface area contributed by atoms with Crippen molar-refractivity contribution in [2.24, 2.45) is 0 Å². The number of carboxylic acid groups (broad SMARTS) is 1. The molecule has 0 saturated heterocycles. The SMILES string of the molecule is O=C(O)C(Cc1cccc(OCCOc2ccccc2)c1)c1cccs1. The van der Waals surface area contributed by atoms with E-state index in [1.54, 1.807) is 0 Å². The average Bonchev–Trinajstić information content (AvgIpc) is 3.19. The van der Waals surface area contributed by atoms with Crippen molar-refractivity contribution in [1.82, 2.24) is 0 Å². The third-order valence-corrected chi connectivity index (χ3v) is 4.87. The molecule has 0 radical (unpaired) electrons. The van der Waals surface area contributed by atoms with Gasteiger partial charge >= 0.3 is 5.97 Å². The van der Waals surface area contributed by atoms with Crippen molar-refractivity contribution < 1.29 is 19.4 Å². The lowest BCUT2D eigenvalue weighted by molar-refractivity contribution is -0.138. The first-order chi connectivity index (χ1) is 12.7. The minimum Gasteiger partial charge on any atom is -0.490 e. The highest BCUT2D eigenvalue weighted by atomic mass is 32.1. The van der Waals surface area contributed by atoms with Gasteiger partial charge in [-0.05, 0) is 47.7 Å². The van der Waals surface area contributed by atoms with Crippen LogP contribution < -0.4 is 9.47 Å². The van der Waals surface area contributed by atoms with Gasteiger partial charge in [-0.3, -0.25) is 4.79 Å². The van der Waals surface area contributed by atoms with E-state index in [1.807, 2.05) is 72.1 Å². The summed E-state index contributed by atoms with van der Waals surface area (Å²) in [6.45, 7) is 0.868. The van der Waals surface area contributed by atoms with E-state index < -0.39 is 11.9 Å². The third kappa shape index (κ3) is 5.10. The van der Waals surface area contributed by atoms with E-state index in [-0.39, 0.29) is 0 Å². The van der Waals surface area contributed by atoms with E-state index in [4.69, 9.17) is 9.47 Å². The van der Waals surface area contributed by atoms with E-state index in [2.05, 4.69) is 0 Å². The van der Waals surface area contributed by atoms with Gasteiger partial charge in [0.25, 0.3) is 0 Å². The monoisotopic (exact) mass is 368 g/mol. The molecule has 0 amide bonds. The number of aliphatic carboxylic acids is 1. The van der Waals surface area contributed by atoms with Crippen molar-refractivity contribution in [3.8, 4) is 11.5 Å². The fraction of sp³-hybridized carbons (Fsp3) is 0.190. The van der Waals surface area contributed by atoms with E-state index in [1.165, 1.54) is 11.3 Å². The molecule has 0 aliphatic carbocycles. The molecule has 134 valence electrons. The highest BCUT2D eigenvalue weighted by Gasteiger charge is 2.21. The lowest BCUT2D eigenvalue weighted by atomic mass is 9.98. The van der Waals surface area contributed by atoms with E-state index in [0.29, 0.717) is 19.6 Å². The van der Waals surface area contributed by atoms with Crippen molar-refractivity contribution in [3.63, 3.8) is 0 Å². The molecule has 0 spiro atoms. The summed E-state index contributed by atoms with van der Waals surface area (Å²) in [5, 5.41) is 11.4. The summed E-state index contributed by atoms with van der Waals surface area (Å²) >= 11 is 1.47. The molecule has 0 fully saturated rings. The Morgan fingerprint density at radius 1 is 0.923 bits per heavy atom. The number of hydrogen-bond donors (Lipinski definition) is 1. The van der Waals surface area contributed by atoms with E-state index in [9.17, 15) is 9.90 Å². The molecule has 0 aliphatic heterocycles. The molecular formula is C21H20O4S. The lowest BCUT2D eigenvalue weighted by Crippen LogP contribution is -2.13. The maximum absolute atomic E-state index is 11.6. The van der Waals surface area contributed by atoms with Crippen LogP contribution in [0.25, 0.3) is 0 Å². The molecule has 2 aromatic carbocycles. The molecule has 1 N–H and O–H groups in total. The van der Waals surface area contributed by atoms with Crippen LogP contribution in [0.3, 0.4) is 0 Å². The van der Waals surface area contributed by atoms with Crippen LogP contribution in [-0.2, 0) is 11.2 Å². The van der Waals surface area contributed by atoms with Gasteiger partial charge in [0.1, 0.15) is 24.7 Å². The van der Waals surface area contributed by atoms with Gasteiger partial charge in [0.2, 0.25) is 0 Å². The number of hydrogen-bond acceptors (Lipinski definition) is 4. The number of carbonyl (C=O) groups is 1. The number of para-hydroxylation sites is 1. The summed E-state index contributed by atoms with van der Waals surface area (Å²) in [6.07, 6.45) is 0.438. The van der Waals surface area contributed by atoms with Gasteiger partial charge in [-0.15, -0.1) is 11.3 Å². The predicted molar refractivity (Wildman–Crippen MR) is 102 cm³/mol. The highest BCUT2D eigenvalue weighted by molar-refractivity contribution is 7.10. The van der Waals surface area contributed by atoms with Gasteiger partial charge in [0, 0.05) is 4.88 Å². The topological polar surface area (TPSA) is 55.8 Å². The van der Waals surface area contributed by atoms with Crippen molar-refractivity contribution in [1.29, 1.82) is 0 Å². The van der Waals surface area contributed by atoms with Crippen LogP contribution in [0, 0.1) is 0 Å². The minimum atomic E-state index is -0.810. The first kappa shape index (κ1) is 18.0. The minimum absolute atomic E-state index is 0.422. The molecule has 3 rings (SSSR count). The van der Waals surface area contributed by atoms with Gasteiger partial charge in [0.15, 0.2) is 0 Å². The summed E-state index contributed by atoms with van der Waals surface area (Å²) in [4.78, 5) is 12.5. The molecule has 3 aromatic rings. The summed E-state index contributed by atoms with van der Waals surface area (Å²) in [5.74, 6) is 0.182. The zero-order valence-corrected chi connectivity index (χ0v) is 15.0. The maximum atomic E-state index is 11.6. The number of carboxylic acids is 1. The molecule has 4 nitrogen and oxygen atoms in total. The Labute approximate surface area is 156 Å². The van der Waals surface area contributed by atoms with Crippen molar-refractivity contribution in [2.45, 2.75) is 12.3 Å². The molecule has 26 heavy (non-hydrogen) atoms. The van der Waals surface area contributed by atoms with Crippen LogP contribution in [0.4, 0.5) is 0 Å². The van der Waals surface area contributed by atoms with Crippen LogP contribution in [0.1, 0.15) is 16.4 Å². The lowest BCUT2D eigenvalue weighted by Gasteiger charge is -2.12. The molecule has 0 aliphatic rings. The second kappa shape index (κ2) is 9.06. The fourth-order valence-corrected chi connectivity index (χ4v) is 3.45. The summed E-state index contributed by atoms with van der Waals surface area (Å²) < 4.78 is 11.3. The number of rotatable bonds is 9. The molecule has 1 heterocycles. The Morgan fingerprint density at radius 2 is 1.65 bits per heavy atom. The van der Waals surface area contributed by atoms with E-state index in [0.717, 1.165) is 21.9 Å². The zero-order valence-electron chi connectivity index (χ0n) is 14.2. The molecule has 0 bridgehead atoms. The molecule has 5 heteroatoms. The molecule has 1 unspecified atom stereocenters. The Hall–Kier alpha value is -2.79. The summed E-state index contributed by atoms with van der Waals surface area (Å²) in [5.41, 5.74) is 0.937. The maximum Gasteiger partial charge on any atom is 0.312 e. The second-order valence-electron chi connectivity index (χ2n) is 5.77. The van der Waals surface area contributed by atoms with Crippen molar-refractivity contribution in [2.75, 3.05) is 13.2 Å². The normalized spacial score (nSPS) is 11.7. The van der Waals surface area contributed by atoms with Gasteiger partial charge in [-0.1, -0.05) is 36.4 Å².